The minimum Gasteiger partial charge on any atom is -0.457 e. The molecule has 3 aromatic rings. The minimum atomic E-state index is -0.120. The third kappa shape index (κ3) is 4.01. The van der Waals surface area contributed by atoms with E-state index in [1.165, 1.54) is 12.5 Å². The number of hydrogen-bond acceptors (Lipinski definition) is 3. The summed E-state index contributed by atoms with van der Waals surface area (Å²) in [6, 6.07) is 21.5. The quantitative estimate of drug-likeness (QED) is 0.602. The van der Waals surface area contributed by atoms with Crippen molar-refractivity contribution in [2.75, 3.05) is 0 Å². The Morgan fingerprint density at radius 3 is 1.88 bits per heavy atom. The van der Waals surface area contributed by atoms with Crippen molar-refractivity contribution >= 4 is 11.6 Å². The predicted octanol–water partition coefficient (Wildman–Crippen LogP) is 5.22. The Morgan fingerprint density at radius 2 is 1.28 bits per heavy atom. The van der Waals surface area contributed by atoms with Crippen LogP contribution < -0.4 is 4.74 Å². The van der Waals surface area contributed by atoms with Crippen LogP contribution in [0.4, 0.5) is 0 Å². The van der Waals surface area contributed by atoms with E-state index in [1.807, 2.05) is 31.2 Å². The Kier molecular flexibility index (Phi) is 4.75. The number of rotatable bonds is 5. The van der Waals surface area contributed by atoms with Gasteiger partial charge < -0.3 is 4.74 Å². The van der Waals surface area contributed by atoms with Crippen LogP contribution in [-0.4, -0.2) is 11.6 Å². The Morgan fingerprint density at radius 1 is 0.720 bits per heavy atom. The van der Waals surface area contributed by atoms with Gasteiger partial charge in [0.2, 0.25) is 0 Å². The van der Waals surface area contributed by atoms with E-state index in [1.54, 1.807) is 48.5 Å². The van der Waals surface area contributed by atoms with E-state index < -0.39 is 0 Å². The van der Waals surface area contributed by atoms with Crippen molar-refractivity contribution in [1.82, 2.24) is 0 Å². The third-order valence-corrected chi connectivity index (χ3v) is 3.90. The average molecular weight is 330 g/mol. The second-order valence-electron chi connectivity index (χ2n) is 5.91. The first-order chi connectivity index (χ1) is 12.0. The Balaban J connectivity index is 1.77. The van der Waals surface area contributed by atoms with Crippen LogP contribution in [0.25, 0.3) is 0 Å². The third-order valence-electron chi connectivity index (χ3n) is 3.90. The van der Waals surface area contributed by atoms with Crippen molar-refractivity contribution in [2.45, 2.75) is 13.8 Å². The molecule has 0 aromatic heterocycles. The molecule has 3 heteroatoms. The topological polar surface area (TPSA) is 43.4 Å². The molecule has 0 fully saturated rings. The highest BCUT2D eigenvalue weighted by atomic mass is 16.5. The van der Waals surface area contributed by atoms with Gasteiger partial charge in [-0.2, -0.15) is 0 Å². The highest BCUT2D eigenvalue weighted by molar-refractivity contribution is 6.10. The molecule has 25 heavy (non-hydrogen) atoms. The monoisotopic (exact) mass is 330 g/mol. The molecule has 0 heterocycles. The fraction of sp³-hybridized carbons (Fsp3) is 0.0909. The van der Waals surface area contributed by atoms with Crippen molar-refractivity contribution < 1.29 is 14.3 Å². The molecule has 0 radical (unpaired) electrons. The number of hydrogen-bond donors (Lipinski definition) is 0. The molecular formula is C22H18O3. The van der Waals surface area contributed by atoms with Crippen LogP contribution in [0, 0.1) is 6.92 Å². The van der Waals surface area contributed by atoms with Crippen LogP contribution in [0.1, 0.15) is 38.8 Å². The first-order valence-electron chi connectivity index (χ1n) is 8.03. The van der Waals surface area contributed by atoms with E-state index in [2.05, 4.69) is 0 Å². The summed E-state index contributed by atoms with van der Waals surface area (Å²) in [5.74, 6) is 1.23. The van der Waals surface area contributed by atoms with Crippen LogP contribution in [0.3, 0.4) is 0 Å². The first-order valence-corrected chi connectivity index (χ1v) is 8.03. The fourth-order valence-electron chi connectivity index (χ4n) is 2.46. The lowest BCUT2D eigenvalue weighted by Gasteiger charge is -2.07. The van der Waals surface area contributed by atoms with Crippen LogP contribution in [-0.2, 0) is 0 Å². The van der Waals surface area contributed by atoms with E-state index >= 15 is 0 Å². The molecular weight excluding hydrogens is 312 g/mol. The van der Waals surface area contributed by atoms with Crippen molar-refractivity contribution in [3.05, 3.63) is 95.1 Å². The fourth-order valence-corrected chi connectivity index (χ4v) is 2.46. The van der Waals surface area contributed by atoms with Gasteiger partial charge in [-0.25, -0.2) is 0 Å². The van der Waals surface area contributed by atoms with E-state index in [0.29, 0.717) is 22.4 Å². The number of Topliss-reactive ketones (excluding diaryl/α,β-unsaturated/α-hetero) is 1. The Labute approximate surface area is 146 Å². The maximum Gasteiger partial charge on any atom is 0.193 e. The molecule has 0 saturated heterocycles. The van der Waals surface area contributed by atoms with Crippen LogP contribution in [0.15, 0.2) is 72.8 Å². The zero-order valence-electron chi connectivity index (χ0n) is 14.2. The summed E-state index contributed by atoms with van der Waals surface area (Å²) in [5.41, 5.74) is 2.75. The lowest BCUT2D eigenvalue weighted by Crippen LogP contribution is -2.03. The molecule has 0 aliphatic rings. The van der Waals surface area contributed by atoms with Crippen molar-refractivity contribution in [2.24, 2.45) is 0 Å². The van der Waals surface area contributed by atoms with E-state index in [0.717, 1.165) is 5.75 Å². The van der Waals surface area contributed by atoms with Gasteiger partial charge in [-0.3, -0.25) is 9.59 Å². The SMILES string of the molecule is CC(=O)c1cccc(C(=O)c2ccc(Oc3ccc(C)cc3)cc2)c1. The lowest BCUT2D eigenvalue weighted by atomic mass is 10.0. The molecule has 0 bridgehead atoms. The van der Waals surface area contributed by atoms with Gasteiger partial charge in [-0.05, 0) is 56.3 Å². The Hall–Kier alpha value is -3.20. The number of benzene rings is 3. The molecule has 0 spiro atoms. The molecule has 0 aliphatic carbocycles. The molecule has 0 N–H and O–H groups in total. The van der Waals surface area contributed by atoms with Gasteiger partial charge in [-0.15, -0.1) is 0 Å². The molecule has 0 unspecified atom stereocenters. The summed E-state index contributed by atoms with van der Waals surface area (Å²) in [5, 5.41) is 0. The highest BCUT2D eigenvalue weighted by Gasteiger charge is 2.11. The largest absolute Gasteiger partial charge is 0.457 e. The average Bonchev–Trinajstić information content (AvgIpc) is 2.64. The van der Waals surface area contributed by atoms with E-state index in [4.69, 9.17) is 4.74 Å². The number of ether oxygens (including phenoxy) is 1. The second kappa shape index (κ2) is 7.14. The van der Waals surface area contributed by atoms with Crippen LogP contribution in [0.5, 0.6) is 11.5 Å². The smallest absolute Gasteiger partial charge is 0.193 e. The summed E-state index contributed by atoms with van der Waals surface area (Å²) in [6.07, 6.45) is 0. The molecule has 3 rings (SSSR count). The number of ketones is 2. The van der Waals surface area contributed by atoms with Gasteiger partial charge in [0, 0.05) is 16.7 Å². The minimum absolute atomic E-state index is 0.0588. The summed E-state index contributed by atoms with van der Waals surface area (Å²) >= 11 is 0. The molecule has 0 amide bonds. The molecule has 124 valence electrons. The van der Waals surface area contributed by atoms with Crippen LogP contribution in [0.2, 0.25) is 0 Å². The summed E-state index contributed by atoms with van der Waals surface area (Å²) in [6.45, 7) is 3.51. The van der Waals surface area contributed by atoms with Gasteiger partial charge >= 0.3 is 0 Å². The molecule has 3 aromatic carbocycles. The molecule has 0 aliphatic heterocycles. The number of carbonyl (C=O) groups is 2. The van der Waals surface area contributed by atoms with Gasteiger partial charge in [-0.1, -0.05) is 35.9 Å². The maximum absolute atomic E-state index is 12.6. The standard InChI is InChI=1S/C22H18O3/c1-15-6-10-20(11-7-15)25-21-12-8-17(9-13-21)22(24)19-5-3-4-18(14-19)16(2)23/h3-14H,1-2H3. The van der Waals surface area contributed by atoms with Crippen molar-refractivity contribution in [1.29, 1.82) is 0 Å². The summed E-state index contributed by atoms with van der Waals surface area (Å²) in [7, 11) is 0. The first kappa shape index (κ1) is 16.7. The normalized spacial score (nSPS) is 10.3. The van der Waals surface area contributed by atoms with Gasteiger partial charge in [0.25, 0.3) is 0 Å². The lowest BCUT2D eigenvalue weighted by molar-refractivity contribution is 0.101. The number of carbonyl (C=O) groups excluding carboxylic acids is 2. The van der Waals surface area contributed by atoms with Crippen LogP contribution >= 0.6 is 0 Å². The maximum atomic E-state index is 12.6. The zero-order valence-corrected chi connectivity index (χ0v) is 14.2. The highest BCUT2D eigenvalue weighted by Crippen LogP contribution is 2.23. The van der Waals surface area contributed by atoms with Gasteiger partial charge in [0.15, 0.2) is 11.6 Å². The molecule has 0 atom stereocenters. The summed E-state index contributed by atoms with van der Waals surface area (Å²) < 4.78 is 5.77. The van der Waals surface area contributed by atoms with Crippen molar-refractivity contribution in [3.63, 3.8) is 0 Å². The van der Waals surface area contributed by atoms with E-state index in [-0.39, 0.29) is 11.6 Å². The predicted molar refractivity (Wildman–Crippen MR) is 97.6 cm³/mol. The number of aryl methyl sites for hydroxylation is 1. The van der Waals surface area contributed by atoms with Crippen molar-refractivity contribution in [3.8, 4) is 11.5 Å². The second-order valence-corrected chi connectivity index (χ2v) is 5.91. The Bertz CT molecular complexity index is 907. The molecule has 0 saturated carbocycles. The van der Waals surface area contributed by atoms with Gasteiger partial charge in [0.1, 0.15) is 11.5 Å². The van der Waals surface area contributed by atoms with E-state index in [9.17, 15) is 9.59 Å². The van der Waals surface area contributed by atoms with Gasteiger partial charge in [0.05, 0.1) is 0 Å². The summed E-state index contributed by atoms with van der Waals surface area (Å²) in [4.78, 5) is 24.0. The zero-order chi connectivity index (χ0) is 17.8. The molecule has 3 nitrogen and oxygen atoms in total.